The molecule has 0 amide bonds. The van der Waals surface area contributed by atoms with E-state index in [2.05, 4.69) is 0 Å². The average molecular weight is 341 g/mol. The highest BCUT2D eigenvalue weighted by atomic mass is 16.6. The number of esters is 1. The third-order valence-electron chi connectivity index (χ3n) is 4.08. The summed E-state index contributed by atoms with van der Waals surface area (Å²) in [5.74, 6) is 0.256. The van der Waals surface area contributed by atoms with E-state index < -0.39 is 0 Å². The molecule has 0 saturated carbocycles. The van der Waals surface area contributed by atoms with Crippen molar-refractivity contribution < 1.29 is 14.3 Å². The molecule has 0 atom stereocenters. The molecule has 0 rings (SSSR count). The molecular formula is C21H40O3. The third-order valence-corrected chi connectivity index (χ3v) is 4.08. The number of ether oxygens (including phenoxy) is 1. The van der Waals surface area contributed by atoms with Crippen LogP contribution in [0.25, 0.3) is 0 Å². The van der Waals surface area contributed by atoms with Crippen molar-refractivity contribution in [3.63, 3.8) is 0 Å². The van der Waals surface area contributed by atoms with Crippen LogP contribution in [0.1, 0.15) is 118 Å². The minimum absolute atomic E-state index is 0.0641. The summed E-state index contributed by atoms with van der Waals surface area (Å²) in [7, 11) is 0. The number of ketones is 1. The van der Waals surface area contributed by atoms with Crippen LogP contribution in [0.4, 0.5) is 0 Å². The summed E-state index contributed by atoms with van der Waals surface area (Å²) in [5.41, 5.74) is -0.357. The number of hydrogen-bond acceptors (Lipinski definition) is 3. The summed E-state index contributed by atoms with van der Waals surface area (Å²) < 4.78 is 5.30. The fourth-order valence-corrected chi connectivity index (χ4v) is 2.80. The Morgan fingerprint density at radius 1 is 0.625 bits per heavy atom. The molecule has 0 spiro atoms. The van der Waals surface area contributed by atoms with E-state index >= 15 is 0 Å². The highest BCUT2D eigenvalue weighted by Crippen LogP contribution is 2.14. The number of carbonyl (C=O) groups excluding carboxylic acids is 2. The number of unbranched alkanes of at least 4 members (excludes halogenated alkanes) is 11. The molecule has 142 valence electrons. The summed E-state index contributed by atoms with van der Waals surface area (Å²) in [6.45, 7) is 7.42. The van der Waals surface area contributed by atoms with Gasteiger partial charge in [0, 0.05) is 12.8 Å². The second kappa shape index (κ2) is 14.5. The Morgan fingerprint density at radius 2 is 0.958 bits per heavy atom. The van der Waals surface area contributed by atoms with Crippen LogP contribution >= 0.6 is 0 Å². The van der Waals surface area contributed by atoms with Crippen molar-refractivity contribution in [2.24, 2.45) is 0 Å². The van der Waals surface area contributed by atoms with Gasteiger partial charge in [-0.05, 0) is 40.5 Å². The maximum Gasteiger partial charge on any atom is 0.306 e. The lowest BCUT2D eigenvalue weighted by Gasteiger charge is -2.19. The normalized spacial score (nSPS) is 11.5. The maximum atomic E-state index is 11.6. The Labute approximate surface area is 149 Å². The van der Waals surface area contributed by atoms with Crippen LogP contribution in [0.3, 0.4) is 0 Å². The molecule has 3 nitrogen and oxygen atoms in total. The quantitative estimate of drug-likeness (QED) is 0.257. The van der Waals surface area contributed by atoms with E-state index in [1.807, 2.05) is 20.8 Å². The molecule has 0 saturated heterocycles. The first-order valence-corrected chi connectivity index (χ1v) is 10.0. The topological polar surface area (TPSA) is 43.4 Å². The standard InChI is InChI=1S/C21H40O3/c1-19(22)17-15-13-11-9-7-5-6-8-10-12-14-16-18-20(23)24-21(2,3)4/h5-18H2,1-4H3. The van der Waals surface area contributed by atoms with Gasteiger partial charge in [-0.15, -0.1) is 0 Å². The molecule has 0 bridgehead atoms. The van der Waals surface area contributed by atoms with E-state index in [1.54, 1.807) is 6.92 Å². The van der Waals surface area contributed by atoms with Crippen molar-refractivity contribution >= 4 is 11.8 Å². The Morgan fingerprint density at radius 3 is 1.29 bits per heavy atom. The molecule has 0 aliphatic carbocycles. The van der Waals surface area contributed by atoms with Gasteiger partial charge in [0.1, 0.15) is 11.4 Å². The third kappa shape index (κ3) is 19.2. The molecule has 0 aliphatic heterocycles. The first kappa shape index (κ1) is 23.1. The lowest BCUT2D eigenvalue weighted by atomic mass is 10.0. The molecule has 0 fully saturated rings. The van der Waals surface area contributed by atoms with Crippen molar-refractivity contribution in [2.75, 3.05) is 0 Å². The molecule has 3 heteroatoms. The zero-order chi connectivity index (χ0) is 18.3. The Hall–Kier alpha value is -0.860. The second-order valence-electron chi connectivity index (χ2n) is 8.03. The van der Waals surface area contributed by atoms with Crippen LogP contribution in [-0.4, -0.2) is 17.4 Å². The van der Waals surface area contributed by atoms with E-state index in [0.29, 0.717) is 12.2 Å². The molecule has 24 heavy (non-hydrogen) atoms. The Balaban J connectivity index is 3.18. The van der Waals surface area contributed by atoms with Crippen molar-refractivity contribution in [2.45, 2.75) is 123 Å². The van der Waals surface area contributed by atoms with Crippen molar-refractivity contribution in [1.29, 1.82) is 0 Å². The minimum Gasteiger partial charge on any atom is -0.460 e. The van der Waals surface area contributed by atoms with Gasteiger partial charge < -0.3 is 9.53 Å². The summed E-state index contributed by atoms with van der Waals surface area (Å²) >= 11 is 0. The SMILES string of the molecule is CC(=O)CCCCCCCCCCCCCCC(=O)OC(C)(C)C. The molecule has 0 unspecified atom stereocenters. The highest BCUT2D eigenvalue weighted by Gasteiger charge is 2.15. The lowest BCUT2D eigenvalue weighted by molar-refractivity contribution is -0.154. The van der Waals surface area contributed by atoms with Crippen LogP contribution in [0, 0.1) is 0 Å². The van der Waals surface area contributed by atoms with E-state index in [4.69, 9.17) is 4.74 Å². The van der Waals surface area contributed by atoms with Gasteiger partial charge >= 0.3 is 5.97 Å². The van der Waals surface area contributed by atoms with Crippen LogP contribution in [0.15, 0.2) is 0 Å². The van der Waals surface area contributed by atoms with E-state index in [-0.39, 0.29) is 11.6 Å². The minimum atomic E-state index is -0.357. The number of rotatable bonds is 15. The Bertz CT molecular complexity index is 328. The number of Topliss-reactive ketones (excluding diaryl/α,β-unsaturated/α-hetero) is 1. The molecule has 0 aromatic heterocycles. The van der Waals surface area contributed by atoms with E-state index in [1.165, 1.54) is 57.8 Å². The van der Waals surface area contributed by atoms with E-state index in [9.17, 15) is 9.59 Å². The van der Waals surface area contributed by atoms with Gasteiger partial charge in [0.15, 0.2) is 0 Å². The van der Waals surface area contributed by atoms with Crippen LogP contribution in [0.5, 0.6) is 0 Å². The van der Waals surface area contributed by atoms with Gasteiger partial charge in [0.25, 0.3) is 0 Å². The van der Waals surface area contributed by atoms with Crippen molar-refractivity contribution in [1.82, 2.24) is 0 Å². The number of hydrogen-bond donors (Lipinski definition) is 0. The number of carbonyl (C=O) groups is 2. The van der Waals surface area contributed by atoms with Crippen LogP contribution < -0.4 is 0 Å². The van der Waals surface area contributed by atoms with Gasteiger partial charge in [-0.3, -0.25) is 4.79 Å². The van der Waals surface area contributed by atoms with Gasteiger partial charge in [0.2, 0.25) is 0 Å². The van der Waals surface area contributed by atoms with Gasteiger partial charge in [-0.1, -0.05) is 64.2 Å². The smallest absolute Gasteiger partial charge is 0.306 e. The largest absolute Gasteiger partial charge is 0.460 e. The second-order valence-corrected chi connectivity index (χ2v) is 8.03. The first-order valence-electron chi connectivity index (χ1n) is 10.0. The molecule has 0 heterocycles. The van der Waals surface area contributed by atoms with Gasteiger partial charge in [0.05, 0.1) is 0 Å². The average Bonchev–Trinajstić information content (AvgIpc) is 2.45. The molecule has 0 radical (unpaired) electrons. The lowest BCUT2D eigenvalue weighted by Crippen LogP contribution is -2.23. The summed E-state index contributed by atoms with van der Waals surface area (Å²) in [4.78, 5) is 22.4. The maximum absolute atomic E-state index is 11.6. The van der Waals surface area contributed by atoms with Crippen LogP contribution in [0.2, 0.25) is 0 Å². The molecule has 0 aliphatic rings. The molecular weight excluding hydrogens is 300 g/mol. The van der Waals surface area contributed by atoms with E-state index in [0.717, 1.165) is 25.7 Å². The fraction of sp³-hybridized carbons (Fsp3) is 0.905. The molecule has 0 N–H and O–H groups in total. The first-order chi connectivity index (χ1) is 11.3. The fourth-order valence-electron chi connectivity index (χ4n) is 2.80. The monoisotopic (exact) mass is 340 g/mol. The molecule has 0 aromatic carbocycles. The predicted octanol–water partition coefficient (Wildman–Crippen LogP) is 6.38. The Kier molecular flexibility index (Phi) is 14.0. The zero-order valence-corrected chi connectivity index (χ0v) is 16.6. The van der Waals surface area contributed by atoms with Gasteiger partial charge in [-0.2, -0.15) is 0 Å². The summed E-state index contributed by atoms with van der Waals surface area (Å²) in [5, 5.41) is 0. The van der Waals surface area contributed by atoms with Crippen molar-refractivity contribution in [3.05, 3.63) is 0 Å². The predicted molar refractivity (Wildman–Crippen MR) is 101 cm³/mol. The van der Waals surface area contributed by atoms with Crippen molar-refractivity contribution in [3.8, 4) is 0 Å². The van der Waals surface area contributed by atoms with Gasteiger partial charge in [-0.25, -0.2) is 0 Å². The zero-order valence-electron chi connectivity index (χ0n) is 16.6. The summed E-state index contributed by atoms with van der Waals surface area (Å²) in [6.07, 6.45) is 16.1. The summed E-state index contributed by atoms with van der Waals surface area (Å²) in [6, 6.07) is 0. The molecule has 0 aromatic rings. The van der Waals surface area contributed by atoms with Crippen LogP contribution in [-0.2, 0) is 14.3 Å². The highest BCUT2D eigenvalue weighted by molar-refractivity contribution is 5.75.